The molecule has 0 bridgehead atoms. The minimum atomic E-state index is -0.627. The molecule has 4 nitrogen and oxygen atoms in total. The number of benzene rings is 2. The average molecular weight is 327 g/mol. The third kappa shape index (κ3) is 3.81. The highest BCUT2D eigenvalue weighted by molar-refractivity contribution is 5.99. The number of ether oxygens (including phenoxy) is 1. The standard InChI is InChI=1S/C19H18FNO3/c20-16-6-7-18-14(11-16)10-15(12-24-18)19(23)21-9-8-17(22)13-4-2-1-3-5-13/h1-7,10-11,17,22H,8-9,12H2,(H,21,23). The Morgan fingerprint density at radius 1 is 1.25 bits per heavy atom. The molecule has 1 aliphatic rings. The maximum absolute atomic E-state index is 13.3. The molecule has 1 atom stereocenters. The SMILES string of the molecule is O=C(NCCC(O)c1ccccc1)C1=Cc2cc(F)ccc2OC1. The maximum atomic E-state index is 13.3. The first-order valence-corrected chi connectivity index (χ1v) is 7.77. The lowest BCUT2D eigenvalue weighted by Gasteiger charge is -2.18. The number of amides is 1. The maximum Gasteiger partial charge on any atom is 0.250 e. The zero-order valence-corrected chi connectivity index (χ0v) is 13.0. The Kier molecular flexibility index (Phi) is 4.91. The summed E-state index contributed by atoms with van der Waals surface area (Å²) in [5, 5.41) is 12.8. The van der Waals surface area contributed by atoms with Crippen LogP contribution in [0.1, 0.15) is 23.7 Å². The van der Waals surface area contributed by atoms with Gasteiger partial charge in [-0.3, -0.25) is 4.79 Å². The first-order valence-electron chi connectivity index (χ1n) is 7.77. The van der Waals surface area contributed by atoms with E-state index in [-0.39, 0.29) is 18.3 Å². The monoisotopic (exact) mass is 327 g/mol. The molecule has 0 aliphatic carbocycles. The van der Waals surface area contributed by atoms with Crippen molar-refractivity contribution < 1.29 is 19.0 Å². The molecule has 24 heavy (non-hydrogen) atoms. The number of halogens is 1. The van der Waals surface area contributed by atoms with Gasteiger partial charge in [0.05, 0.1) is 11.7 Å². The summed E-state index contributed by atoms with van der Waals surface area (Å²) >= 11 is 0. The molecule has 124 valence electrons. The summed E-state index contributed by atoms with van der Waals surface area (Å²) < 4.78 is 18.7. The van der Waals surface area contributed by atoms with Crippen LogP contribution in [-0.2, 0) is 4.79 Å². The Morgan fingerprint density at radius 3 is 2.83 bits per heavy atom. The third-order valence-electron chi connectivity index (χ3n) is 3.86. The smallest absolute Gasteiger partial charge is 0.250 e. The van der Waals surface area contributed by atoms with E-state index in [9.17, 15) is 14.3 Å². The Bertz CT molecular complexity index is 758. The molecule has 3 rings (SSSR count). The van der Waals surface area contributed by atoms with Crippen molar-refractivity contribution >= 4 is 12.0 Å². The summed E-state index contributed by atoms with van der Waals surface area (Å²) in [4.78, 5) is 12.2. The molecule has 0 saturated heterocycles. The first-order chi connectivity index (χ1) is 11.6. The van der Waals surface area contributed by atoms with Crippen molar-refractivity contribution in [1.29, 1.82) is 0 Å². The van der Waals surface area contributed by atoms with E-state index in [1.807, 2.05) is 30.3 Å². The fourth-order valence-electron chi connectivity index (χ4n) is 2.56. The molecule has 1 amide bonds. The van der Waals surface area contributed by atoms with Gasteiger partial charge in [0.15, 0.2) is 0 Å². The number of rotatable bonds is 5. The predicted octanol–water partition coefficient (Wildman–Crippen LogP) is 2.84. The molecule has 1 aliphatic heterocycles. The first kappa shape index (κ1) is 16.2. The molecule has 2 N–H and O–H groups in total. The van der Waals surface area contributed by atoms with Gasteiger partial charge >= 0.3 is 0 Å². The number of fused-ring (bicyclic) bond motifs is 1. The van der Waals surface area contributed by atoms with E-state index in [1.165, 1.54) is 12.1 Å². The predicted molar refractivity (Wildman–Crippen MR) is 88.9 cm³/mol. The van der Waals surface area contributed by atoms with Gasteiger partial charge in [-0.25, -0.2) is 4.39 Å². The minimum Gasteiger partial charge on any atom is -0.488 e. The fraction of sp³-hybridized carbons (Fsp3) is 0.211. The topological polar surface area (TPSA) is 58.6 Å². The van der Waals surface area contributed by atoms with E-state index < -0.39 is 6.10 Å². The summed E-state index contributed by atoms with van der Waals surface area (Å²) in [6.45, 7) is 0.480. The van der Waals surface area contributed by atoms with Gasteiger partial charge in [0, 0.05) is 12.1 Å². The number of carbonyl (C=O) groups excluding carboxylic acids is 1. The van der Waals surface area contributed by atoms with Crippen LogP contribution in [0, 0.1) is 5.82 Å². The zero-order chi connectivity index (χ0) is 16.9. The third-order valence-corrected chi connectivity index (χ3v) is 3.86. The number of nitrogens with one attached hydrogen (secondary N) is 1. The Balaban J connectivity index is 1.56. The van der Waals surface area contributed by atoms with E-state index >= 15 is 0 Å². The van der Waals surface area contributed by atoms with Crippen LogP contribution >= 0.6 is 0 Å². The lowest BCUT2D eigenvalue weighted by atomic mass is 10.1. The van der Waals surface area contributed by atoms with Crippen molar-refractivity contribution in [2.75, 3.05) is 13.2 Å². The van der Waals surface area contributed by atoms with Gasteiger partial charge in [-0.2, -0.15) is 0 Å². The largest absolute Gasteiger partial charge is 0.488 e. The van der Waals surface area contributed by atoms with Crippen LogP contribution < -0.4 is 10.1 Å². The van der Waals surface area contributed by atoms with Crippen LogP contribution in [0.15, 0.2) is 54.1 Å². The summed E-state index contributed by atoms with van der Waals surface area (Å²) in [7, 11) is 0. The van der Waals surface area contributed by atoms with E-state index in [2.05, 4.69) is 5.32 Å². The summed E-state index contributed by atoms with van der Waals surface area (Å²) in [5.74, 6) is -0.0844. The second-order valence-electron chi connectivity index (χ2n) is 5.61. The molecule has 1 heterocycles. The highest BCUT2D eigenvalue weighted by atomic mass is 19.1. The van der Waals surface area contributed by atoms with E-state index in [0.717, 1.165) is 5.56 Å². The molecule has 1 unspecified atom stereocenters. The van der Waals surface area contributed by atoms with E-state index in [0.29, 0.717) is 29.9 Å². The molecule has 0 spiro atoms. The van der Waals surface area contributed by atoms with Gasteiger partial charge in [-0.1, -0.05) is 30.3 Å². The van der Waals surface area contributed by atoms with Crippen LogP contribution in [0.5, 0.6) is 5.75 Å². The molecular weight excluding hydrogens is 309 g/mol. The normalized spacial score (nSPS) is 14.2. The second-order valence-corrected chi connectivity index (χ2v) is 5.61. The number of carbonyl (C=O) groups is 1. The van der Waals surface area contributed by atoms with Crippen molar-refractivity contribution in [1.82, 2.24) is 5.32 Å². The van der Waals surface area contributed by atoms with Crippen LogP contribution in [0.2, 0.25) is 0 Å². The van der Waals surface area contributed by atoms with Gasteiger partial charge in [-0.15, -0.1) is 0 Å². The molecule has 0 fully saturated rings. The van der Waals surface area contributed by atoms with Crippen molar-refractivity contribution in [3.8, 4) is 5.75 Å². The van der Waals surface area contributed by atoms with Crippen LogP contribution in [0.25, 0.3) is 6.08 Å². The summed E-state index contributed by atoms with van der Waals surface area (Å²) in [5.41, 5.74) is 1.80. The van der Waals surface area contributed by atoms with E-state index in [4.69, 9.17) is 4.74 Å². The Morgan fingerprint density at radius 2 is 2.04 bits per heavy atom. The Labute approximate surface area is 139 Å². The number of hydrogen-bond donors (Lipinski definition) is 2. The van der Waals surface area contributed by atoms with Crippen molar-refractivity contribution in [2.45, 2.75) is 12.5 Å². The molecule has 0 radical (unpaired) electrons. The Hall–Kier alpha value is -2.66. The molecule has 2 aromatic rings. The number of aliphatic hydroxyl groups is 1. The highest BCUT2D eigenvalue weighted by Crippen LogP contribution is 2.27. The molecule has 5 heteroatoms. The quantitative estimate of drug-likeness (QED) is 0.888. The van der Waals surface area contributed by atoms with Gasteiger partial charge < -0.3 is 15.2 Å². The summed E-state index contributed by atoms with van der Waals surface area (Å²) in [6, 6.07) is 13.5. The average Bonchev–Trinajstić information content (AvgIpc) is 2.61. The summed E-state index contributed by atoms with van der Waals surface area (Å²) in [6.07, 6.45) is 1.41. The second kappa shape index (κ2) is 7.27. The van der Waals surface area contributed by atoms with Crippen LogP contribution in [0.3, 0.4) is 0 Å². The zero-order valence-electron chi connectivity index (χ0n) is 13.0. The van der Waals surface area contributed by atoms with Gasteiger partial charge in [0.25, 0.3) is 5.91 Å². The molecule has 0 aromatic heterocycles. The van der Waals surface area contributed by atoms with Gasteiger partial charge in [0.2, 0.25) is 0 Å². The fourth-order valence-corrected chi connectivity index (χ4v) is 2.56. The molecule has 0 saturated carbocycles. The van der Waals surface area contributed by atoms with Crippen LogP contribution in [0.4, 0.5) is 4.39 Å². The minimum absolute atomic E-state index is 0.145. The van der Waals surface area contributed by atoms with Crippen LogP contribution in [-0.4, -0.2) is 24.2 Å². The van der Waals surface area contributed by atoms with Crippen molar-refractivity contribution in [3.05, 3.63) is 71.0 Å². The van der Waals surface area contributed by atoms with Gasteiger partial charge in [0.1, 0.15) is 18.2 Å². The lowest BCUT2D eigenvalue weighted by molar-refractivity contribution is -0.117. The van der Waals surface area contributed by atoms with Crippen molar-refractivity contribution in [2.24, 2.45) is 0 Å². The lowest BCUT2D eigenvalue weighted by Crippen LogP contribution is -2.30. The van der Waals surface area contributed by atoms with E-state index in [1.54, 1.807) is 12.1 Å². The highest BCUT2D eigenvalue weighted by Gasteiger charge is 2.18. The molecular formula is C19H18FNO3. The molecule has 2 aromatic carbocycles. The number of aliphatic hydroxyl groups excluding tert-OH is 1. The number of hydrogen-bond acceptors (Lipinski definition) is 3. The van der Waals surface area contributed by atoms with Crippen molar-refractivity contribution in [3.63, 3.8) is 0 Å². The van der Waals surface area contributed by atoms with Gasteiger partial charge in [-0.05, 0) is 36.3 Å².